The van der Waals surface area contributed by atoms with Gasteiger partial charge in [0.2, 0.25) is 0 Å². The largest absolute Gasteiger partial charge is 0.354 e. The molecule has 7 heteroatoms. The van der Waals surface area contributed by atoms with Crippen LogP contribution in [0, 0.1) is 5.82 Å². The van der Waals surface area contributed by atoms with Crippen LogP contribution in [0.25, 0.3) is 17.2 Å². The van der Waals surface area contributed by atoms with E-state index in [1.54, 1.807) is 22.9 Å². The lowest BCUT2D eigenvalue weighted by atomic mass is 10.3. The Hall–Kier alpha value is -2.54. The number of hydrogen-bond donors (Lipinski definition) is 0. The minimum atomic E-state index is -0.313. The van der Waals surface area contributed by atoms with Crippen molar-refractivity contribution in [1.29, 1.82) is 0 Å². The van der Waals surface area contributed by atoms with E-state index in [1.165, 1.54) is 12.3 Å². The summed E-state index contributed by atoms with van der Waals surface area (Å²) in [6, 6.07) is 4.95. The van der Waals surface area contributed by atoms with Gasteiger partial charge in [-0.15, -0.1) is 0 Å². The van der Waals surface area contributed by atoms with Gasteiger partial charge in [-0.05, 0) is 25.2 Å². The molecule has 1 saturated heterocycles. The van der Waals surface area contributed by atoms with E-state index in [0.717, 1.165) is 32.0 Å². The molecule has 1 aliphatic heterocycles. The molecule has 0 unspecified atom stereocenters. The van der Waals surface area contributed by atoms with Crippen molar-refractivity contribution in [3.8, 4) is 11.5 Å². The number of hydrogen-bond acceptors (Lipinski definition) is 5. The number of rotatable bonds is 2. The van der Waals surface area contributed by atoms with E-state index in [9.17, 15) is 4.39 Å². The number of pyridine rings is 1. The zero-order valence-corrected chi connectivity index (χ0v) is 12.9. The number of imidazole rings is 1. The number of likely N-dealkylation sites (N-methyl/N-ethyl adjacent to an activating group) is 1. The Kier molecular flexibility index (Phi) is 3.42. The second-order valence-electron chi connectivity index (χ2n) is 5.75. The number of piperazine rings is 1. The summed E-state index contributed by atoms with van der Waals surface area (Å²) in [6.45, 7) is 3.91. The molecular weight excluding hydrogens is 295 g/mol. The van der Waals surface area contributed by atoms with E-state index in [1.807, 2.05) is 6.07 Å². The zero-order chi connectivity index (χ0) is 15.8. The van der Waals surface area contributed by atoms with Crippen LogP contribution in [0.3, 0.4) is 0 Å². The van der Waals surface area contributed by atoms with Crippen molar-refractivity contribution in [2.45, 2.75) is 0 Å². The maximum atomic E-state index is 13.5. The third-order valence-corrected chi connectivity index (χ3v) is 4.17. The van der Waals surface area contributed by atoms with Crippen molar-refractivity contribution in [2.75, 3.05) is 38.1 Å². The third kappa shape index (κ3) is 2.63. The molecule has 118 valence electrons. The minimum absolute atomic E-state index is 0.313. The first-order valence-electron chi connectivity index (χ1n) is 7.60. The molecule has 0 spiro atoms. The van der Waals surface area contributed by atoms with Gasteiger partial charge in [-0.1, -0.05) is 0 Å². The fourth-order valence-corrected chi connectivity index (χ4v) is 2.80. The highest BCUT2D eigenvalue weighted by Crippen LogP contribution is 2.21. The van der Waals surface area contributed by atoms with Gasteiger partial charge in [-0.2, -0.15) is 0 Å². The Labute approximate surface area is 133 Å². The summed E-state index contributed by atoms with van der Waals surface area (Å²) >= 11 is 0. The highest BCUT2D eigenvalue weighted by molar-refractivity contribution is 5.58. The van der Waals surface area contributed by atoms with Crippen LogP contribution in [0.4, 0.5) is 10.2 Å². The van der Waals surface area contributed by atoms with Crippen LogP contribution < -0.4 is 4.90 Å². The van der Waals surface area contributed by atoms with Gasteiger partial charge in [-0.3, -0.25) is 4.40 Å². The van der Waals surface area contributed by atoms with Crippen molar-refractivity contribution in [2.24, 2.45) is 0 Å². The number of aromatic nitrogens is 4. The third-order valence-electron chi connectivity index (χ3n) is 4.17. The molecule has 1 aliphatic rings. The quantitative estimate of drug-likeness (QED) is 0.720. The van der Waals surface area contributed by atoms with E-state index < -0.39 is 0 Å². The van der Waals surface area contributed by atoms with E-state index in [2.05, 4.69) is 31.8 Å². The Balaban J connectivity index is 1.71. The van der Waals surface area contributed by atoms with Gasteiger partial charge in [0.15, 0.2) is 5.82 Å². The summed E-state index contributed by atoms with van der Waals surface area (Å²) in [7, 11) is 2.12. The van der Waals surface area contributed by atoms with Gasteiger partial charge in [0, 0.05) is 38.6 Å². The van der Waals surface area contributed by atoms with Gasteiger partial charge in [0.1, 0.15) is 23.0 Å². The molecule has 4 heterocycles. The molecule has 0 radical (unpaired) electrons. The predicted molar refractivity (Wildman–Crippen MR) is 85.9 cm³/mol. The average molecular weight is 312 g/mol. The summed E-state index contributed by atoms with van der Waals surface area (Å²) in [5.41, 5.74) is 1.37. The topological polar surface area (TPSA) is 49.6 Å². The van der Waals surface area contributed by atoms with Crippen molar-refractivity contribution >= 4 is 11.5 Å². The number of fused-ring (bicyclic) bond motifs is 1. The molecule has 0 bridgehead atoms. The monoisotopic (exact) mass is 312 g/mol. The Bertz CT molecular complexity index is 837. The van der Waals surface area contributed by atoms with Crippen molar-refractivity contribution < 1.29 is 4.39 Å². The number of anilines is 1. The molecule has 23 heavy (non-hydrogen) atoms. The molecular formula is C16H17FN6. The van der Waals surface area contributed by atoms with E-state index >= 15 is 0 Å². The van der Waals surface area contributed by atoms with Gasteiger partial charge in [0.05, 0.1) is 6.20 Å². The summed E-state index contributed by atoms with van der Waals surface area (Å²) in [6.07, 6.45) is 4.83. The first-order chi connectivity index (χ1) is 11.2. The standard InChI is InChI=1S/C16H17FN6/c1-21-6-8-22(9-7-21)15-4-5-18-16(20-15)13-10-19-14-3-2-12(17)11-23(13)14/h2-5,10-11H,6-9H2,1H3. The molecule has 3 aromatic rings. The number of nitrogens with zero attached hydrogens (tertiary/aromatic N) is 6. The zero-order valence-electron chi connectivity index (χ0n) is 12.9. The maximum Gasteiger partial charge on any atom is 0.180 e. The van der Waals surface area contributed by atoms with Crippen LogP contribution in [-0.4, -0.2) is 57.5 Å². The molecule has 0 aliphatic carbocycles. The van der Waals surface area contributed by atoms with Crippen LogP contribution in [0.2, 0.25) is 0 Å². The molecule has 0 N–H and O–H groups in total. The molecule has 1 fully saturated rings. The summed E-state index contributed by atoms with van der Waals surface area (Å²) < 4.78 is 15.2. The van der Waals surface area contributed by atoms with E-state index in [-0.39, 0.29) is 5.82 Å². The average Bonchev–Trinajstić information content (AvgIpc) is 2.98. The van der Waals surface area contributed by atoms with Crippen LogP contribution >= 0.6 is 0 Å². The van der Waals surface area contributed by atoms with Gasteiger partial charge in [-0.25, -0.2) is 19.3 Å². The predicted octanol–water partition coefficient (Wildman–Crippen LogP) is 1.68. The second-order valence-corrected chi connectivity index (χ2v) is 5.75. The van der Waals surface area contributed by atoms with Crippen LogP contribution in [0.5, 0.6) is 0 Å². The van der Waals surface area contributed by atoms with Gasteiger partial charge in [0.25, 0.3) is 0 Å². The first kappa shape index (κ1) is 14.1. The normalized spacial score (nSPS) is 16.2. The fraction of sp³-hybridized carbons (Fsp3) is 0.312. The molecule has 4 rings (SSSR count). The Morgan fingerprint density at radius 2 is 1.87 bits per heavy atom. The highest BCUT2D eigenvalue weighted by atomic mass is 19.1. The number of halogens is 1. The Morgan fingerprint density at radius 3 is 2.70 bits per heavy atom. The molecule has 0 atom stereocenters. The second kappa shape index (κ2) is 5.58. The van der Waals surface area contributed by atoms with Crippen LogP contribution in [0.1, 0.15) is 0 Å². The van der Waals surface area contributed by atoms with Gasteiger partial charge >= 0.3 is 0 Å². The maximum absolute atomic E-state index is 13.5. The summed E-state index contributed by atoms with van der Waals surface area (Å²) in [4.78, 5) is 17.8. The van der Waals surface area contributed by atoms with E-state index in [0.29, 0.717) is 17.2 Å². The fourth-order valence-electron chi connectivity index (χ4n) is 2.80. The molecule has 0 amide bonds. The molecule has 3 aromatic heterocycles. The van der Waals surface area contributed by atoms with E-state index in [4.69, 9.17) is 0 Å². The summed E-state index contributed by atoms with van der Waals surface area (Å²) in [5, 5.41) is 0. The minimum Gasteiger partial charge on any atom is -0.354 e. The van der Waals surface area contributed by atoms with Gasteiger partial charge < -0.3 is 9.80 Å². The molecule has 0 saturated carbocycles. The lowest BCUT2D eigenvalue weighted by molar-refractivity contribution is 0.312. The first-order valence-corrected chi connectivity index (χ1v) is 7.60. The smallest absolute Gasteiger partial charge is 0.180 e. The lowest BCUT2D eigenvalue weighted by Crippen LogP contribution is -2.44. The Morgan fingerprint density at radius 1 is 1.04 bits per heavy atom. The highest BCUT2D eigenvalue weighted by Gasteiger charge is 2.17. The van der Waals surface area contributed by atoms with Crippen molar-refractivity contribution in [3.05, 3.63) is 42.6 Å². The lowest BCUT2D eigenvalue weighted by Gasteiger charge is -2.33. The SMILES string of the molecule is CN1CCN(c2ccnc(-c3cnc4ccc(F)cn34)n2)CC1. The molecule has 6 nitrogen and oxygen atoms in total. The van der Waals surface area contributed by atoms with Crippen LogP contribution in [0.15, 0.2) is 36.8 Å². The molecule has 0 aromatic carbocycles. The van der Waals surface area contributed by atoms with Crippen molar-refractivity contribution in [3.63, 3.8) is 0 Å². The van der Waals surface area contributed by atoms with Crippen LogP contribution in [-0.2, 0) is 0 Å². The summed E-state index contributed by atoms with van der Waals surface area (Å²) in [5.74, 6) is 1.14. The van der Waals surface area contributed by atoms with Crippen molar-refractivity contribution in [1.82, 2.24) is 24.3 Å².